The largest absolute Gasteiger partial charge is 0.381 e. The third kappa shape index (κ3) is 5.46. The molecule has 106 valence electrons. The van der Waals surface area contributed by atoms with E-state index in [-0.39, 0.29) is 5.60 Å². The first-order chi connectivity index (χ1) is 9.29. The van der Waals surface area contributed by atoms with Crippen LogP contribution in [-0.2, 0) is 9.47 Å². The molecule has 1 aliphatic heterocycles. The number of rotatable bonds is 5. The van der Waals surface area contributed by atoms with Crippen molar-refractivity contribution < 1.29 is 9.47 Å². The summed E-state index contributed by atoms with van der Waals surface area (Å²) in [5, 5.41) is 0. The number of terminal acetylenes is 1. The molecule has 2 nitrogen and oxygen atoms in total. The molecule has 0 atom stereocenters. The zero-order chi connectivity index (χ0) is 14.6. The lowest BCUT2D eigenvalue weighted by molar-refractivity contribution is -0.0638. The molecule has 1 heterocycles. The molecule has 0 aliphatic carbocycles. The molecule has 0 aromatic carbocycles. The number of allylic oxidation sites excluding steroid dienone is 4. The van der Waals surface area contributed by atoms with Crippen molar-refractivity contribution in [2.24, 2.45) is 0 Å². The Morgan fingerprint density at radius 1 is 1.21 bits per heavy atom. The van der Waals surface area contributed by atoms with Gasteiger partial charge >= 0.3 is 0 Å². The van der Waals surface area contributed by atoms with Crippen LogP contribution in [0.2, 0.25) is 0 Å². The molecule has 1 rings (SSSR count). The van der Waals surface area contributed by atoms with E-state index in [0.29, 0.717) is 0 Å². The van der Waals surface area contributed by atoms with Crippen molar-refractivity contribution in [3.8, 4) is 12.8 Å². The van der Waals surface area contributed by atoms with Gasteiger partial charge in [-0.15, -0.1) is 12.8 Å². The van der Waals surface area contributed by atoms with Crippen LogP contribution in [0.15, 0.2) is 36.0 Å². The predicted octanol–water partition coefficient (Wildman–Crippen LogP) is 3.90. The van der Waals surface area contributed by atoms with E-state index >= 15 is 0 Å². The monoisotopic (exact) mass is 262 g/mol. The zero-order valence-corrected chi connectivity index (χ0v) is 12.4. The van der Waals surface area contributed by atoms with Crippen LogP contribution in [0.1, 0.15) is 33.1 Å². The Bertz CT molecular complexity index is 328. The first kappa shape index (κ1) is 17.7. The SMILES string of the molecule is C#C.C/C=C/CC=C/C(=C\C)C1(OC)CCOCC1. The fraction of sp³-hybridized carbons (Fsp3) is 0.529. The standard InChI is InChI=1S/C15H24O2.C2H2/c1-4-6-7-8-9-14(5-2)15(16-3)10-12-17-13-11-15;1-2/h4-6,8-9H,7,10-13H2,1-3H3;1-2H/b6-4+,9-8?,14-5+;. The smallest absolute Gasteiger partial charge is 0.0968 e. The van der Waals surface area contributed by atoms with Crippen LogP contribution >= 0.6 is 0 Å². The molecule has 0 radical (unpaired) electrons. The van der Waals surface area contributed by atoms with Gasteiger partial charge in [0.05, 0.1) is 5.60 Å². The van der Waals surface area contributed by atoms with Gasteiger partial charge in [-0.25, -0.2) is 0 Å². The number of ether oxygens (including phenoxy) is 2. The fourth-order valence-corrected chi connectivity index (χ4v) is 2.23. The lowest BCUT2D eigenvalue weighted by Gasteiger charge is -2.37. The Morgan fingerprint density at radius 3 is 2.32 bits per heavy atom. The Labute approximate surface area is 118 Å². The van der Waals surface area contributed by atoms with Gasteiger partial charge in [0.1, 0.15) is 0 Å². The number of methoxy groups -OCH3 is 1. The van der Waals surface area contributed by atoms with Crippen LogP contribution in [0.4, 0.5) is 0 Å². The van der Waals surface area contributed by atoms with Crippen molar-refractivity contribution >= 4 is 0 Å². The molecule has 1 saturated heterocycles. The average Bonchev–Trinajstić information content (AvgIpc) is 2.50. The van der Waals surface area contributed by atoms with Crippen LogP contribution in [0, 0.1) is 12.8 Å². The van der Waals surface area contributed by atoms with E-state index in [4.69, 9.17) is 9.47 Å². The van der Waals surface area contributed by atoms with Gasteiger partial charge in [0, 0.05) is 33.2 Å². The first-order valence-electron chi connectivity index (χ1n) is 6.70. The Hall–Kier alpha value is -1.30. The van der Waals surface area contributed by atoms with Gasteiger partial charge in [-0.05, 0) is 25.8 Å². The minimum absolute atomic E-state index is 0.139. The zero-order valence-electron chi connectivity index (χ0n) is 12.4. The van der Waals surface area contributed by atoms with E-state index in [2.05, 4.69) is 50.2 Å². The summed E-state index contributed by atoms with van der Waals surface area (Å²) < 4.78 is 11.2. The van der Waals surface area contributed by atoms with E-state index in [1.807, 2.05) is 6.92 Å². The van der Waals surface area contributed by atoms with Gasteiger partial charge in [0.15, 0.2) is 0 Å². The summed E-state index contributed by atoms with van der Waals surface area (Å²) in [6.45, 7) is 5.69. The molecule has 1 fully saturated rings. The van der Waals surface area contributed by atoms with Crippen molar-refractivity contribution in [1.82, 2.24) is 0 Å². The normalized spacial score (nSPS) is 19.3. The molecule has 0 spiro atoms. The van der Waals surface area contributed by atoms with E-state index < -0.39 is 0 Å². The lowest BCUT2D eigenvalue weighted by Crippen LogP contribution is -2.39. The molecule has 1 aliphatic rings. The minimum Gasteiger partial charge on any atom is -0.381 e. The molecule has 0 bridgehead atoms. The summed E-state index contributed by atoms with van der Waals surface area (Å²) in [5.41, 5.74) is 1.13. The summed E-state index contributed by atoms with van der Waals surface area (Å²) in [4.78, 5) is 0. The molecule has 0 unspecified atom stereocenters. The second-order valence-corrected chi connectivity index (χ2v) is 4.26. The highest BCUT2D eigenvalue weighted by molar-refractivity contribution is 5.29. The highest BCUT2D eigenvalue weighted by atomic mass is 16.5. The van der Waals surface area contributed by atoms with E-state index in [9.17, 15) is 0 Å². The van der Waals surface area contributed by atoms with E-state index in [1.165, 1.54) is 5.57 Å². The molecule has 19 heavy (non-hydrogen) atoms. The van der Waals surface area contributed by atoms with Gasteiger partial charge in [-0.3, -0.25) is 0 Å². The first-order valence-corrected chi connectivity index (χ1v) is 6.70. The number of hydrogen-bond donors (Lipinski definition) is 0. The maximum Gasteiger partial charge on any atom is 0.0968 e. The Balaban J connectivity index is 0.00000154. The van der Waals surface area contributed by atoms with Crippen molar-refractivity contribution in [3.05, 3.63) is 36.0 Å². The molecular weight excluding hydrogens is 236 g/mol. The van der Waals surface area contributed by atoms with Gasteiger partial charge < -0.3 is 9.47 Å². The lowest BCUT2D eigenvalue weighted by atomic mass is 9.85. The highest BCUT2D eigenvalue weighted by Gasteiger charge is 2.34. The third-order valence-electron chi connectivity index (χ3n) is 3.33. The maximum atomic E-state index is 5.77. The predicted molar refractivity (Wildman–Crippen MR) is 82.0 cm³/mol. The Morgan fingerprint density at radius 2 is 1.84 bits per heavy atom. The summed E-state index contributed by atoms with van der Waals surface area (Å²) in [7, 11) is 1.80. The highest BCUT2D eigenvalue weighted by Crippen LogP contribution is 2.33. The Kier molecular flexibility index (Phi) is 9.88. The van der Waals surface area contributed by atoms with Gasteiger partial charge in [-0.2, -0.15) is 0 Å². The van der Waals surface area contributed by atoms with E-state index in [1.54, 1.807) is 7.11 Å². The molecule has 0 amide bonds. The van der Waals surface area contributed by atoms with Crippen LogP contribution in [0.5, 0.6) is 0 Å². The quantitative estimate of drug-likeness (QED) is 0.425. The van der Waals surface area contributed by atoms with Crippen LogP contribution in [0.3, 0.4) is 0 Å². The summed E-state index contributed by atoms with van der Waals surface area (Å²) in [6, 6.07) is 0. The summed E-state index contributed by atoms with van der Waals surface area (Å²) in [6.07, 6.45) is 21.6. The van der Waals surface area contributed by atoms with Crippen LogP contribution in [-0.4, -0.2) is 25.9 Å². The molecule has 0 N–H and O–H groups in total. The molecule has 0 saturated carbocycles. The fourth-order valence-electron chi connectivity index (χ4n) is 2.23. The molecular formula is C17H26O2. The molecule has 2 heteroatoms. The van der Waals surface area contributed by atoms with Crippen molar-refractivity contribution in [3.63, 3.8) is 0 Å². The molecule has 0 aromatic heterocycles. The van der Waals surface area contributed by atoms with E-state index in [0.717, 1.165) is 32.5 Å². The van der Waals surface area contributed by atoms with Crippen molar-refractivity contribution in [2.75, 3.05) is 20.3 Å². The average molecular weight is 262 g/mol. The van der Waals surface area contributed by atoms with Gasteiger partial charge in [0.2, 0.25) is 0 Å². The van der Waals surface area contributed by atoms with Crippen molar-refractivity contribution in [1.29, 1.82) is 0 Å². The van der Waals surface area contributed by atoms with Crippen molar-refractivity contribution in [2.45, 2.75) is 38.7 Å². The maximum absolute atomic E-state index is 5.77. The second-order valence-electron chi connectivity index (χ2n) is 4.26. The van der Waals surface area contributed by atoms with Crippen LogP contribution < -0.4 is 0 Å². The third-order valence-corrected chi connectivity index (χ3v) is 3.33. The van der Waals surface area contributed by atoms with Crippen LogP contribution in [0.25, 0.3) is 0 Å². The van der Waals surface area contributed by atoms with Gasteiger partial charge in [0.25, 0.3) is 0 Å². The van der Waals surface area contributed by atoms with Gasteiger partial charge in [-0.1, -0.05) is 30.4 Å². The minimum atomic E-state index is -0.139. The second kappa shape index (κ2) is 10.6. The topological polar surface area (TPSA) is 18.5 Å². The number of hydrogen-bond acceptors (Lipinski definition) is 2. The molecule has 0 aromatic rings. The summed E-state index contributed by atoms with van der Waals surface area (Å²) in [5.74, 6) is 0. The summed E-state index contributed by atoms with van der Waals surface area (Å²) >= 11 is 0.